The summed E-state index contributed by atoms with van der Waals surface area (Å²) in [5, 5.41) is 12.5. The average Bonchev–Trinajstić information content (AvgIpc) is 3.46. The number of hydrogen-bond donors (Lipinski definition) is 1. The number of hydrazone groups is 1. The Morgan fingerprint density at radius 3 is 2.61 bits per heavy atom. The summed E-state index contributed by atoms with van der Waals surface area (Å²) in [7, 11) is 0. The monoisotopic (exact) mass is 522 g/mol. The minimum Gasteiger partial charge on any atom is -0.455 e. The quantitative estimate of drug-likeness (QED) is 0.214. The van der Waals surface area contributed by atoms with Crippen molar-refractivity contribution in [2.75, 3.05) is 5.43 Å². The Kier molecular flexibility index (Phi) is 5.89. The SMILES string of the molecule is Cc1ccc(-c2ccc(/C=N/Nc3nc4nonc4nc3Cc3ccc(Br)cc3)o2)cc1Cl. The highest BCUT2D eigenvalue weighted by Gasteiger charge is 2.13. The number of fused-ring (bicyclic) bond motifs is 1. The maximum absolute atomic E-state index is 6.23. The topological polar surface area (TPSA) is 102 Å². The molecule has 8 nitrogen and oxygen atoms in total. The van der Waals surface area contributed by atoms with Gasteiger partial charge in [0.2, 0.25) is 11.3 Å². The Hall–Kier alpha value is -3.56. The number of nitrogens with zero attached hydrogens (tertiary/aromatic N) is 5. The number of benzene rings is 2. The average molecular weight is 524 g/mol. The zero-order chi connectivity index (χ0) is 22.8. The number of aryl methyl sites for hydroxylation is 1. The van der Waals surface area contributed by atoms with E-state index >= 15 is 0 Å². The normalized spacial score (nSPS) is 11.5. The number of anilines is 1. The van der Waals surface area contributed by atoms with Crippen molar-refractivity contribution in [1.82, 2.24) is 20.3 Å². The van der Waals surface area contributed by atoms with Crippen molar-refractivity contribution >= 4 is 50.9 Å². The van der Waals surface area contributed by atoms with E-state index in [-0.39, 0.29) is 0 Å². The van der Waals surface area contributed by atoms with Crippen LogP contribution in [0.15, 0.2) is 73.2 Å². The van der Waals surface area contributed by atoms with E-state index in [2.05, 4.69) is 46.7 Å². The van der Waals surface area contributed by atoms with Gasteiger partial charge in [0, 0.05) is 21.5 Å². The van der Waals surface area contributed by atoms with E-state index in [1.165, 1.54) is 0 Å². The fraction of sp³-hybridized carbons (Fsp3) is 0.0870. The third-order valence-electron chi connectivity index (χ3n) is 4.92. The first-order valence-corrected chi connectivity index (χ1v) is 11.1. The molecule has 3 heterocycles. The first kappa shape index (κ1) is 21.3. The Labute approximate surface area is 201 Å². The molecule has 0 aliphatic rings. The molecule has 33 heavy (non-hydrogen) atoms. The van der Waals surface area contributed by atoms with Crippen LogP contribution in [0.4, 0.5) is 5.82 Å². The van der Waals surface area contributed by atoms with Gasteiger partial charge in [0.1, 0.15) is 11.5 Å². The second kappa shape index (κ2) is 9.13. The molecule has 0 saturated heterocycles. The van der Waals surface area contributed by atoms with Crippen molar-refractivity contribution in [1.29, 1.82) is 0 Å². The minimum absolute atomic E-state index is 0.295. The van der Waals surface area contributed by atoms with Crippen LogP contribution in [-0.2, 0) is 6.42 Å². The van der Waals surface area contributed by atoms with Crippen LogP contribution in [0.2, 0.25) is 5.02 Å². The van der Waals surface area contributed by atoms with Gasteiger partial charge in [-0.05, 0) is 58.7 Å². The van der Waals surface area contributed by atoms with Gasteiger partial charge in [0.25, 0.3) is 0 Å². The Balaban J connectivity index is 1.37. The molecule has 0 bridgehead atoms. The number of rotatable bonds is 6. The summed E-state index contributed by atoms with van der Waals surface area (Å²) >= 11 is 9.67. The van der Waals surface area contributed by atoms with Crippen molar-refractivity contribution in [3.05, 3.63) is 86.7 Å². The summed E-state index contributed by atoms with van der Waals surface area (Å²) in [6.45, 7) is 1.96. The van der Waals surface area contributed by atoms with Crippen LogP contribution in [0, 0.1) is 6.92 Å². The number of aromatic nitrogens is 4. The van der Waals surface area contributed by atoms with Crippen molar-refractivity contribution in [2.24, 2.45) is 5.10 Å². The van der Waals surface area contributed by atoms with Gasteiger partial charge < -0.3 is 4.42 Å². The predicted molar refractivity (Wildman–Crippen MR) is 129 cm³/mol. The third-order valence-corrected chi connectivity index (χ3v) is 5.85. The second-order valence-electron chi connectivity index (χ2n) is 7.27. The van der Waals surface area contributed by atoms with Gasteiger partial charge in [0.05, 0.1) is 11.9 Å². The van der Waals surface area contributed by atoms with Gasteiger partial charge in [-0.3, -0.25) is 5.43 Å². The van der Waals surface area contributed by atoms with Crippen LogP contribution < -0.4 is 5.43 Å². The lowest BCUT2D eigenvalue weighted by Crippen LogP contribution is -2.03. The molecule has 0 fully saturated rings. The molecule has 0 aliphatic heterocycles. The van der Waals surface area contributed by atoms with E-state index in [4.69, 9.17) is 20.6 Å². The van der Waals surface area contributed by atoms with Crippen LogP contribution in [0.25, 0.3) is 22.6 Å². The molecule has 2 aromatic carbocycles. The molecular formula is C23H16BrClN6O2. The van der Waals surface area contributed by atoms with Crippen molar-refractivity contribution in [2.45, 2.75) is 13.3 Å². The zero-order valence-electron chi connectivity index (χ0n) is 17.3. The van der Waals surface area contributed by atoms with Gasteiger partial charge in [-0.1, -0.05) is 51.8 Å². The van der Waals surface area contributed by atoms with Crippen LogP contribution in [0.1, 0.15) is 22.6 Å². The van der Waals surface area contributed by atoms with Gasteiger partial charge >= 0.3 is 0 Å². The molecule has 5 aromatic rings. The lowest BCUT2D eigenvalue weighted by molar-refractivity contribution is 0.314. The smallest absolute Gasteiger partial charge is 0.245 e. The molecule has 0 spiro atoms. The number of furan rings is 1. The van der Waals surface area contributed by atoms with E-state index in [9.17, 15) is 0 Å². The van der Waals surface area contributed by atoms with Crippen LogP contribution >= 0.6 is 27.5 Å². The lowest BCUT2D eigenvalue weighted by atomic mass is 10.1. The predicted octanol–water partition coefficient (Wildman–Crippen LogP) is 6.03. The summed E-state index contributed by atoms with van der Waals surface area (Å²) in [6.07, 6.45) is 2.09. The molecule has 3 aromatic heterocycles. The van der Waals surface area contributed by atoms with E-state index in [1.807, 2.05) is 61.5 Å². The highest BCUT2D eigenvalue weighted by molar-refractivity contribution is 9.10. The van der Waals surface area contributed by atoms with Gasteiger partial charge in [-0.25, -0.2) is 14.6 Å². The molecule has 10 heteroatoms. The first-order chi connectivity index (χ1) is 16.0. The maximum atomic E-state index is 6.23. The molecule has 5 rings (SSSR count). The van der Waals surface area contributed by atoms with Crippen LogP contribution in [-0.4, -0.2) is 26.5 Å². The maximum Gasteiger partial charge on any atom is 0.245 e. The van der Waals surface area contributed by atoms with E-state index < -0.39 is 0 Å². The highest BCUT2D eigenvalue weighted by Crippen LogP contribution is 2.26. The standard InChI is InChI=1S/C23H16BrClN6O2/c1-13-2-5-15(11-18(13)25)20-9-8-17(32-20)12-26-29-21-19(10-14-3-6-16(24)7-4-14)27-22-23(28-21)31-33-30-22/h2-9,11-12H,10H2,1H3,(H,28,29,31)/b26-12+. The van der Waals surface area contributed by atoms with Gasteiger partial charge in [0.15, 0.2) is 5.82 Å². The fourth-order valence-electron chi connectivity index (χ4n) is 3.16. The van der Waals surface area contributed by atoms with Crippen molar-refractivity contribution < 1.29 is 9.05 Å². The summed E-state index contributed by atoms with van der Waals surface area (Å²) in [5.74, 6) is 1.72. The van der Waals surface area contributed by atoms with Crippen LogP contribution in [0.3, 0.4) is 0 Å². The largest absolute Gasteiger partial charge is 0.455 e. The summed E-state index contributed by atoms with van der Waals surface area (Å²) in [4.78, 5) is 8.97. The molecule has 164 valence electrons. The zero-order valence-corrected chi connectivity index (χ0v) is 19.6. The summed E-state index contributed by atoms with van der Waals surface area (Å²) in [6, 6.07) is 17.4. The molecule has 0 radical (unpaired) electrons. The molecule has 0 aliphatic carbocycles. The fourth-order valence-corrected chi connectivity index (χ4v) is 3.61. The van der Waals surface area contributed by atoms with E-state index in [0.717, 1.165) is 21.2 Å². The van der Waals surface area contributed by atoms with Crippen molar-refractivity contribution in [3.63, 3.8) is 0 Å². The first-order valence-electron chi connectivity index (χ1n) is 9.94. The molecule has 0 amide bonds. The highest BCUT2D eigenvalue weighted by atomic mass is 79.9. The van der Waals surface area contributed by atoms with Gasteiger partial charge in [-0.2, -0.15) is 5.10 Å². The molecular weight excluding hydrogens is 508 g/mol. The van der Waals surface area contributed by atoms with Gasteiger partial charge in [-0.15, -0.1) is 0 Å². The van der Waals surface area contributed by atoms with E-state index in [0.29, 0.717) is 45.8 Å². The Morgan fingerprint density at radius 2 is 1.82 bits per heavy atom. The molecule has 0 saturated carbocycles. The van der Waals surface area contributed by atoms with Crippen LogP contribution in [0.5, 0.6) is 0 Å². The number of nitrogens with one attached hydrogen (secondary N) is 1. The molecule has 0 unspecified atom stereocenters. The second-order valence-corrected chi connectivity index (χ2v) is 8.59. The Morgan fingerprint density at radius 1 is 1.03 bits per heavy atom. The Bertz CT molecular complexity index is 1460. The third kappa shape index (κ3) is 4.79. The number of halogens is 2. The minimum atomic E-state index is 0.295. The molecule has 1 N–H and O–H groups in total. The summed E-state index contributed by atoms with van der Waals surface area (Å²) < 4.78 is 11.6. The lowest BCUT2D eigenvalue weighted by Gasteiger charge is -2.06. The molecule has 0 atom stereocenters. The van der Waals surface area contributed by atoms with Crippen molar-refractivity contribution in [3.8, 4) is 11.3 Å². The van der Waals surface area contributed by atoms with E-state index in [1.54, 1.807) is 6.21 Å². The number of hydrogen-bond acceptors (Lipinski definition) is 8. The summed E-state index contributed by atoms with van der Waals surface area (Å²) in [5.41, 5.74) is 7.19.